The number of rotatable bonds is 25. The van der Waals surface area contributed by atoms with Crippen molar-refractivity contribution >= 4 is 94.8 Å². The Morgan fingerprint density at radius 3 is 1.36 bits per heavy atom. The second kappa shape index (κ2) is 43.5. The summed E-state index contributed by atoms with van der Waals surface area (Å²) in [5, 5.41) is 68.8. The molecule has 5 aliphatic heterocycles. The third-order valence-electron chi connectivity index (χ3n) is 12.9. The zero-order valence-corrected chi connectivity index (χ0v) is 56.3. The summed E-state index contributed by atoms with van der Waals surface area (Å²) in [5.74, 6) is -2.19. The summed E-state index contributed by atoms with van der Waals surface area (Å²) in [7, 11) is -38.7. The van der Waals surface area contributed by atoms with Crippen LogP contribution in [0.25, 0.3) is 0 Å². The molecule has 0 aromatic heterocycles. The highest BCUT2D eigenvalue weighted by atomic mass is 32.3. The summed E-state index contributed by atoms with van der Waals surface area (Å²) in [4.78, 5) is 21.1. The molecule has 0 bridgehead atoms. The van der Waals surface area contributed by atoms with Gasteiger partial charge in [-0.15, -0.1) is 0 Å². The predicted octanol–water partition coefficient (Wildman–Crippen LogP) is -17.2. The third kappa shape index (κ3) is 43.4. The minimum absolute atomic E-state index is 0. The lowest BCUT2D eigenvalue weighted by Gasteiger charge is -2.39. The van der Waals surface area contributed by atoms with Crippen LogP contribution < -0.4 is 24.4 Å². The summed E-state index contributed by atoms with van der Waals surface area (Å²) < 4.78 is 309. The maximum absolute atomic E-state index is 10.7. The first-order chi connectivity index (χ1) is 42.7. The van der Waals surface area contributed by atoms with Gasteiger partial charge in [0.2, 0.25) is 52.0 Å². The van der Waals surface area contributed by atoms with Gasteiger partial charge in [-0.3, -0.25) is 20.9 Å². The molecule has 0 radical (unpaired) electrons. The average Bonchev–Trinajstić information content (AvgIpc) is 0.852. The smallest absolute Gasteiger partial charge is 0.218 e. The molecular formula is C38H71N3O49S8-10. The molecule has 60 heteroatoms. The summed E-state index contributed by atoms with van der Waals surface area (Å²) in [6.07, 6.45) is -12.5. The van der Waals surface area contributed by atoms with Crippen molar-refractivity contribution in [1.29, 1.82) is 0 Å². The van der Waals surface area contributed by atoms with Crippen molar-refractivity contribution in [1.82, 2.24) is 14.2 Å². The number of carbonyl (C=O) groups is 2. The lowest BCUT2D eigenvalue weighted by atomic mass is 9.90. The predicted molar refractivity (Wildman–Crippen MR) is 290 cm³/mol. The van der Waals surface area contributed by atoms with E-state index < -0.39 is 245 Å². The molecule has 6 aliphatic rings. The van der Waals surface area contributed by atoms with Crippen LogP contribution in [0.1, 0.15) is 57.8 Å². The van der Waals surface area contributed by atoms with E-state index in [9.17, 15) is 149 Å². The van der Waals surface area contributed by atoms with Crippen LogP contribution in [0.2, 0.25) is 0 Å². The number of carboxylic acid groups (broad SMARTS) is 2. The molecule has 5 heterocycles. The van der Waals surface area contributed by atoms with Crippen molar-refractivity contribution in [2.75, 3.05) is 60.0 Å². The lowest BCUT2D eigenvalue weighted by molar-refractivity contribution is -0.322. The topological polar surface area (TPSA) is 912 Å². The van der Waals surface area contributed by atoms with Gasteiger partial charge in [-0.1, -0.05) is 19.3 Å². The van der Waals surface area contributed by atoms with Crippen molar-refractivity contribution in [2.45, 2.75) is 162 Å². The van der Waals surface area contributed by atoms with Crippen molar-refractivity contribution in [3.63, 3.8) is 0 Å². The van der Waals surface area contributed by atoms with E-state index in [1.54, 1.807) is 4.72 Å². The Labute approximate surface area is 559 Å². The molecule has 52 nitrogen and oxygen atoms in total. The Balaban J connectivity index is -0.00000114. The molecule has 98 heavy (non-hydrogen) atoms. The van der Waals surface area contributed by atoms with Crippen LogP contribution in [0, 0.1) is 5.92 Å². The molecule has 0 amide bonds. The molecule has 0 aromatic rings. The molecule has 5 saturated heterocycles. The minimum atomic E-state index is -5.24. The van der Waals surface area contributed by atoms with Gasteiger partial charge in [0.1, 0.15) is 30.5 Å². The molecule has 17 atom stereocenters. The van der Waals surface area contributed by atoms with Gasteiger partial charge >= 0.3 is 0 Å². The third-order valence-corrected chi connectivity index (χ3v) is 16.9. The first kappa shape index (κ1) is 99.4. The molecule has 6 rings (SSSR count). The number of carbonyl (C=O) groups excluding carboxylic acids is 2. The zero-order chi connectivity index (χ0) is 72.2. The maximum atomic E-state index is 10.7. The van der Waals surface area contributed by atoms with E-state index in [4.69, 9.17) is 28.4 Å². The van der Waals surface area contributed by atoms with Gasteiger partial charge in [0.05, 0.1) is 125 Å². The van der Waals surface area contributed by atoms with Gasteiger partial charge in [0.25, 0.3) is 0 Å². The summed E-state index contributed by atoms with van der Waals surface area (Å²) in [5.41, 5.74) is 0. The van der Waals surface area contributed by atoms with Crippen LogP contribution in [-0.2, 0) is 147 Å². The molecule has 10 unspecified atom stereocenters. The van der Waals surface area contributed by atoms with Crippen LogP contribution in [0.4, 0.5) is 0 Å². The SMILES string of the molecule is CO[C@H]1OC(COS(=O)(=O)[O-])C[C@@H](O)C1NS(=O)(=O)[O-].O.O.O.O.O=C([O-])C1C[C@@H](O)C(OS(=O)(=O)[O-])CO1.O=C([O-])C1C[C@@H](OCC2CCCCC2)C(O)CO1.O=S(=O)([O-])NC1COC(COS(=O)(=O)[O-])C[C@H]1OS(=O)(=O)[O-].O=S(=O)([O-])NC1COC(COS(=O)(=O)[O-])[C@@H](O)[C@H]1O. The Bertz CT molecular complexity index is 3310. The average molecular weight is 1610 g/mol. The first-order valence-corrected chi connectivity index (χ1v) is 37.0. The maximum Gasteiger partial charge on any atom is 0.218 e. The van der Waals surface area contributed by atoms with Crippen molar-refractivity contribution < 1.29 is 225 Å². The standard InChI is InChI=1S/C13H22O5.C7H15NO10S2.C6H13NO12S3.C6H13NO10S2.C6H10O8S.4H2O/c14-10-8-18-12(13(15)16)6-11(10)17-7-9-4-2-1-3-5-9;1-16-7-6(8-19(10,11)12)5(9)2-4(18-7)3-17-20(13,14)15;8-20(9,10)7-5-3-17-4(2-18-21(11,12)13)1-6(5)19-22(14,15)16;8-5-3(7-18(10,11)12)1-16-4(6(5)9)2-17-19(13,14)15;7-3-1-4(6(8)9)13-2-5(3)14-15(10,11)12;;;;/h9-12,14H,1-8H2,(H,15,16);4-9H,2-3H2,1H3,(H,10,11,12)(H,13,14,15);4-7H,1-3H2,(H,8,9,10)(H,11,12,13)(H,14,15,16);3-9H,1-2H2,(H,10,11,12)(H,13,14,15);3-5,7H,1-2H2,(H,8,9)(H,10,11,12);4*1H2/p-10/t10?,11-,12?;4?,5-,6?,7+;4?,5?,6-;3?,4?,5-,6+;3-,4?,5?;;;;/m11101..../s1. The van der Waals surface area contributed by atoms with Gasteiger partial charge in [0, 0.05) is 39.4 Å². The van der Waals surface area contributed by atoms with E-state index in [2.05, 4.69) is 25.7 Å². The molecule has 1 saturated carbocycles. The summed E-state index contributed by atoms with van der Waals surface area (Å²) >= 11 is 0. The number of aliphatic carboxylic acids is 2. The normalized spacial score (nSPS) is 30.5. The van der Waals surface area contributed by atoms with E-state index in [1.807, 2.05) is 0 Å². The van der Waals surface area contributed by atoms with E-state index in [1.165, 1.54) is 41.5 Å². The van der Waals surface area contributed by atoms with Gasteiger partial charge in [-0.2, -0.15) is 0 Å². The number of ether oxygens (including phenoxy) is 7. The second-order valence-corrected chi connectivity index (χ2v) is 28.7. The van der Waals surface area contributed by atoms with Crippen LogP contribution in [0.15, 0.2) is 0 Å². The number of nitrogens with one attached hydrogen (secondary N) is 3. The van der Waals surface area contributed by atoms with Crippen LogP contribution >= 0.6 is 0 Å². The molecule has 1 aliphatic carbocycles. The zero-order valence-electron chi connectivity index (χ0n) is 49.7. The Morgan fingerprint density at radius 2 is 0.898 bits per heavy atom. The largest absolute Gasteiger partial charge is 0.735 e. The molecule has 0 aromatic carbocycles. The summed E-state index contributed by atoms with van der Waals surface area (Å²) in [6.45, 7) is -3.32. The number of aliphatic hydroxyl groups excluding tert-OH is 5. The lowest BCUT2D eigenvalue weighted by Crippen LogP contribution is -2.60. The van der Waals surface area contributed by atoms with Crippen LogP contribution in [0.5, 0.6) is 0 Å². The van der Waals surface area contributed by atoms with E-state index in [0.29, 0.717) is 12.5 Å². The number of methoxy groups -OCH3 is 1. The van der Waals surface area contributed by atoms with Gasteiger partial charge in [-0.05, 0) is 18.8 Å². The van der Waals surface area contributed by atoms with E-state index in [-0.39, 0.29) is 47.8 Å². The van der Waals surface area contributed by atoms with Gasteiger partial charge in [0.15, 0.2) is 37.2 Å². The fourth-order valence-corrected chi connectivity index (χ4v) is 12.4. The van der Waals surface area contributed by atoms with Crippen molar-refractivity contribution in [3.8, 4) is 0 Å². The second-order valence-electron chi connectivity index (χ2n) is 20.1. The highest BCUT2D eigenvalue weighted by Crippen LogP contribution is 2.27. The number of carboxylic acids is 2. The van der Waals surface area contributed by atoms with E-state index in [0.717, 1.165) is 7.11 Å². The molecule has 590 valence electrons. The van der Waals surface area contributed by atoms with Crippen molar-refractivity contribution in [2.24, 2.45) is 5.92 Å². The first-order valence-electron chi connectivity index (χ1n) is 26.1. The Kier molecular flexibility index (Phi) is 44.2. The van der Waals surface area contributed by atoms with Gasteiger partial charge in [-0.25, -0.2) is 81.5 Å². The van der Waals surface area contributed by atoms with Crippen molar-refractivity contribution in [3.05, 3.63) is 0 Å². The molecular weight excluding hydrogens is 1540 g/mol. The fraction of sp³-hybridized carbons (Fsp3) is 0.947. The fourth-order valence-electron chi connectivity index (χ4n) is 8.72. The highest BCUT2D eigenvalue weighted by molar-refractivity contribution is 7.84. The highest BCUT2D eigenvalue weighted by Gasteiger charge is 2.42. The Hall–Kier alpha value is -2.74. The van der Waals surface area contributed by atoms with Crippen LogP contribution in [-0.4, -0.2) is 327 Å². The number of hydrogen-bond acceptors (Lipinski definition) is 45. The van der Waals surface area contributed by atoms with Crippen LogP contribution in [0.3, 0.4) is 0 Å². The minimum Gasteiger partial charge on any atom is -0.735 e. The quantitative estimate of drug-likeness (QED) is 0.0311. The Morgan fingerprint density at radius 1 is 0.449 bits per heavy atom. The monoisotopic (exact) mass is 1610 g/mol. The van der Waals surface area contributed by atoms with E-state index >= 15 is 0 Å². The number of hydrogen-bond donors (Lipinski definition) is 8. The molecule has 6 fully saturated rings. The van der Waals surface area contributed by atoms with Gasteiger partial charge < -0.3 is 137 Å². The number of aliphatic hydroxyl groups is 5. The molecule has 16 N–H and O–H groups in total. The summed E-state index contributed by atoms with van der Waals surface area (Å²) in [6, 6.07) is -4.24. The molecule has 0 spiro atoms.